The van der Waals surface area contributed by atoms with Gasteiger partial charge in [-0.05, 0) is 17.9 Å². The molecule has 0 saturated heterocycles. The first-order valence-electron chi connectivity index (χ1n) is 7.43. The van der Waals surface area contributed by atoms with Gasteiger partial charge in [0.05, 0.1) is 12.5 Å². The van der Waals surface area contributed by atoms with Crippen LogP contribution in [0.15, 0.2) is 30.3 Å². The number of rotatable bonds is 8. The summed E-state index contributed by atoms with van der Waals surface area (Å²) >= 11 is 0. The number of hydroxylamine groups is 1. The summed E-state index contributed by atoms with van der Waals surface area (Å²) in [5, 5.41) is 0. The van der Waals surface area contributed by atoms with Gasteiger partial charge in [0.1, 0.15) is 0 Å². The van der Waals surface area contributed by atoms with Crippen LogP contribution in [0.3, 0.4) is 0 Å². The van der Waals surface area contributed by atoms with Gasteiger partial charge in [-0.25, -0.2) is 5.48 Å². The predicted octanol–water partition coefficient (Wildman–Crippen LogP) is 2.39. The highest BCUT2D eigenvalue weighted by atomic mass is 16.6. The largest absolute Gasteiger partial charge is 0.369 e. The molecule has 1 aromatic carbocycles. The van der Waals surface area contributed by atoms with Crippen molar-refractivity contribution in [2.45, 2.75) is 38.7 Å². The number of benzene rings is 1. The predicted molar refractivity (Wildman–Crippen MR) is 78.5 cm³/mol. The zero-order valence-corrected chi connectivity index (χ0v) is 11.9. The van der Waals surface area contributed by atoms with Crippen LogP contribution < -0.4 is 11.2 Å². The summed E-state index contributed by atoms with van der Waals surface area (Å²) in [6.07, 6.45) is 5.92. The average Bonchev–Trinajstić information content (AvgIpc) is 2.96. The van der Waals surface area contributed by atoms with Gasteiger partial charge in [-0.15, -0.1) is 0 Å². The number of carbonyl (C=O) groups excluding carboxylic acids is 1. The first-order chi connectivity index (χ1) is 9.75. The molecule has 0 heterocycles. The quantitative estimate of drug-likeness (QED) is 0.566. The van der Waals surface area contributed by atoms with E-state index in [2.05, 4.69) is 5.48 Å². The summed E-state index contributed by atoms with van der Waals surface area (Å²) in [6, 6.07) is 9.94. The zero-order chi connectivity index (χ0) is 14.2. The molecule has 0 bridgehead atoms. The Morgan fingerprint density at radius 2 is 2.00 bits per heavy atom. The first kappa shape index (κ1) is 15.0. The van der Waals surface area contributed by atoms with Crippen molar-refractivity contribution in [2.75, 3.05) is 6.54 Å². The molecule has 1 fully saturated rings. The maximum absolute atomic E-state index is 11.5. The maximum atomic E-state index is 11.5. The third kappa shape index (κ3) is 4.94. The number of amides is 1. The molecule has 2 rings (SSSR count). The van der Waals surface area contributed by atoms with Gasteiger partial charge >= 0.3 is 0 Å². The van der Waals surface area contributed by atoms with E-state index in [1.807, 2.05) is 30.3 Å². The van der Waals surface area contributed by atoms with Crippen LogP contribution >= 0.6 is 0 Å². The molecule has 4 heteroatoms. The third-order valence-corrected chi connectivity index (χ3v) is 4.01. The molecule has 0 aromatic heterocycles. The van der Waals surface area contributed by atoms with Crippen molar-refractivity contribution in [2.24, 2.45) is 17.6 Å². The van der Waals surface area contributed by atoms with Gasteiger partial charge in [0.15, 0.2) is 0 Å². The summed E-state index contributed by atoms with van der Waals surface area (Å²) in [6.45, 7) is 0.994. The summed E-state index contributed by atoms with van der Waals surface area (Å²) in [4.78, 5) is 16.9. The van der Waals surface area contributed by atoms with Gasteiger partial charge in [-0.1, -0.05) is 56.0 Å². The number of hydrogen-bond acceptors (Lipinski definition) is 3. The van der Waals surface area contributed by atoms with Crippen LogP contribution in [-0.4, -0.2) is 12.5 Å². The van der Waals surface area contributed by atoms with Crippen LogP contribution in [0.25, 0.3) is 0 Å². The van der Waals surface area contributed by atoms with Gasteiger partial charge in [-0.2, -0.15) is 0 Å². The molecule has 20 heavy (non-hydrogen) atoms. The van der Waals surface area contributed by atoms with E-state index in [0.29, 0.717) is 19.1 Å². The molecule has 1 amide bonds. The van der Waals surface area contributed by atoms with Crippen molar-refractivity contribution in [1.29, 1.82) is 0 Å². The number of hydrogen-bond donors (Lipinski definition) is 2. The average molecular weight is 276 g/mol. The highest BCUT2D eigenvalue weighted by molar-refractivity contribution is 5.76. The van der Waals surface area contributed by atoms with E-state index in [-0.39, 0.29) is 11.8 Å². The standard InChI is InChI=1S/C16H24N2O2/c17-16(19)15(10-13-6-4-5-7-13)11-18-20-12-14-8-2-1-3-9-14/h1-3,8-9,13,15,18H,4-7,10-12H2,(H2,17,19). The minimum atomic E-state index is -0.229. The number of nitrogens with two attached hydrogens (primary N) is 1. The molecule has 1 aliphatic rings. The molecular weight excluding hydrogens is 252 g/mol. The minimum absolute atomic E-state index is 0.131. The normalized spacial score (nSPS) is 17.2. The second kappa shape index (κ2) is 8.02. The second-order valence-electron chi connectivity index (χ2n) is 5.61. The van der Waals surface area contributed by atoms with Crippen LogP contribution in [0, 0.1) is 11.8 Å². The van der Waals surface area contributed by atoms with E-state index in [1.54, 1.807) is 0 Å². The molecule has 1 saturated carbocycles. The van der Waals surface area contributed by atoms with Crippen molar-refractivity contribution >= 4 is 5.91 Å². The molecule has 1 aliphatic carbocycles. The summed E-state index contributed by atoms with van der Waals surface area (Å²) in [5.41, 5.74) is 9.47. The topological polar surface area (TPSA) is 64.4 Å². The minimum Gasteiger partial charge on any atom is -0.369 e. The van der Waals surface area contributed by atoms with Gasteiger partial charge in [0.2, 0.25) is 5.91 Å². The molecule has 1 aromatic rings. The lowest BCUT2D eigenvalue weighted by atomic mass is 9.93. The smallest absolute Gasteiger partial charge is 0.221 e. The molecule has 0 spiro atoms. The molecule has 3 N–H and O–H groups in total. The molecule has 4 nitrogen and oxygen atoms in total. The van der Waals surface area contributed by atoms with E-state index in [0.717, 1.165) is 12.0 Å². The van der Waals surface area contributed by atoms with Crippen LogP contribution in [-0.2, 0) is 16.2 Å². The number of carbonyl (C=O) groups is 1. The molecule has 0 radical (unpaired) electrons. The van der Waals surface area contributed by atoms with E-state index >= 15 is 0 Å². The lowest BCUT2D eigenvalue weighted by Crippen LogP contribution is -2.34. The highest BCUT2D eigenvalue weighted by Gasteiger charge is 2.23. The van der Waals surface area contributed by atoms with Crippen LogP contribution in [0.5, 0.6) is 0 Å². The van der Waals surface area contributed by atoms with Crippen molar-refractivity contribution in [1.82, 2.24) is 5.48 Å². The van der Waals surface area contributed by atoms with E-state index < -0.39 is 0 Å². The molecule has 1 unspecified atom stereocenters. The van der Waals surface area contributed by atoms with E-state index in [4.69, 9.17) is 10.6 Å². The first-order valence-corrected chi connectivity index (χ1v) is 7.43. The van der Waals surface area contributed by atoms with Gasteiger partial charge in [0.25, 0.3) is 0 Å². The Bertz CT molecular complexity index is 402. The highest BCUT2D eigenvalue weighted by Crippen LogP contribution is 2.30. The Morgan fingerprint density at radius 3 is 2.65 bits per heavy atom. The van der Waals surface area contributed by atoms with E-state index in [9.17, 15) is 4.79 Å². The fourth-order valence-electron chi connectivity index (χ4n) is 2.82. The summed E-state index contributed by atoms with van der Waals surface area (Å²) in [7, 11) is 0. The summed E-state index contributed by atoms with van der Waals surface area (Å²) in [5.74, 6) is 0.296. The van der Waals surface area contributed by atoms with Crippen molar-refractivity contribution in [3.63, 3.8) is 0 Å². The zero-order valence-electron chi connectivity index (χ0n) is 11.9. The van der Waals surface area contributed by atoms with Crippen LogP contribution in [0.2, 0.25) is 0 Å². The second-order valence-corrected chi connectivity index (χ2v) is 5.61. The fraction of sp³-hybridized carbons (Fsp3) is 0.562. The molecule has 110 valence electrons. The monoisotopic (exact) mass is 276 g/mol. The van der Waals surface area contributed by atoms with Gasteiger partial charge in [0, 0.05) is 6.54 Å². The SMILES string of the molecule is NC(=O)C(CNOCc1ccccc1)CC1CCCC1. The molecule has 1 atom stereocenters. The van der Waals surface area contributed by atoms with Crippen LogP contribution in [0.1, 0.15) is 37.7 Å². The lowest BCUT2D eigenvalue weighted by Gasteiger charge is -2.18. The lowest BCUT2D eigenvalue weighted by molar-refractivity contribution is -0.123. The Hall–Kier alpha value is -1.39. The Kier molecular flexibility index (Phi) is 6.02. The number of primary amides is 1. The molecular formula is C16H24N2O2. The number of nitrogens with one attached hydrogen (secondary N) is 1. The van der Waals surface area contributed by atoms with Gasteiger partial charge < -0.3 is 5.73 Å². The maximum Gasteiger partial charge on any atom is 0.221 e. The third-order valence-electron chi connectivity index (χ3n) is 4.01. The van der Waals surface area contributed by atoms with Crippen LogP contribution in [0.4, 0.5) is 0 Å². The van der Waals surface area contributed by atoms with Crippen molar-refractivity contribution in [3.05, 3.63) is 35.9 Å². The van der Waals surface area contributed by atoms with Crippen molar-refractivity contribution < 1.29 is 9.63 Å². The Morgan fingerprint density at radius 1 is 1.30 bits per heavy atom. The Balaban J connectivity index is 1.68. The molecule has 0 aliphatic heterocycles. The van der Waals surface area contributed by atoms with Crippen molar-refractivity contribution in [3.8, 4) is 0 Å². The van der Waals surface area contributed by atoms with Gasteiger partial charge in [-0.3, -0.25) is 9.63 Å². The summed E-state index contributed by atoms with van der Waals surface area (Å²) < 4.78 is 0. The Labute approximate surface area is 120 Å². The van der Waals surface area contributed by atoms with E-state index in [1.165, 1.54) is 25.7 Å². The fourth-order valence-corrected chi connectivity index (χ4v) is 2.82.